The molecule has 1 aromatic heterocycles. The molecular weight excluding hydrogens is 465 g/mol. The molecule has 0 saturated carbocycles. The molecule has 30 heavy (non-hydrogen) atoms. The third-order valence-corrected chi connectivity index (χ3v) is 5.93. The largest absolute Gasteiger partial charge is 0.367 e. The van der Waals surface area contributed by atoms with E-state index < -0.39 is 29.3 Å². The minimum Gasteiger partial charge on any atom is -0.367 e. The van der Waals surface area contributed by atoms with E-state index in [1.54, 1.807) is 0 Å². The van der Waals surface area contributed by atoms with Crippen molar-refractivity contribution in [3.63, 3.8) is 0 Å². The summed E-state index contributed by atoms with van der Waals surface area (Å²) in [7, 11) is 3.37. The van der Waals surface area contributed by atoms with Crippen molar-refractivity contribution in [1.29, 1.82) is 0 Å². The number of nitrogens with one attached hydrogen (secondary N) is 1. The fourth-order valence-electron chi connectivity index (χ4n) is 3.37. The van der Waals surface area contributed by atoms with Gasteiger partial charge in [0.1, 0.15) is 5.82 Å². The number of hydrogen-bond acceptors (Lipinski definition) is 4. The average Bonchev–Trinajstić information content (AvgIpc) is 2.68. The molecule has 6 nitrogen and oxygen atoms in total. The van der Waals surface area contributed by atoms with Crippen LogP contribution < -0.4 is 15.8 Å². The first-order valence-corrected chi connectivity index (χ1v) is 10.1. The van der Waals surface area contributed by atoms with Crippen molar-refractivity contribution < 1.29 is 18.0 Å². The number of likely N-dealkylation sites (N-methyl/N-ethyl adjacent to an activating group) is 1. The van der Waals surface area contributed by atoms with E-state index in [1.165, 1.54) is 19.2 Å². The van der Waals surface area contributed by atoms with Crippen LogP contribution in [-0.4, -0.2) is 48.1 Å². The third kappa shape index (κ3) is 4.54. The fourth-order valence-corrected chi connectivity index (χ4v) is 3.71. The van der Waals surface area contributed by atoms with Gasteiger partial charge in [-0.15, -0.1) is 0 Å². The van der Waals surface area contributed by atoms with E-state index in [4.69, 9.17) is 0 Å². The van der Waals surface area contributed by atoms with Gasteiger partial charge in [0.2, 0.25) is 0 Å². The first-order valence-electron chi connectivity index (χ1n) is 9.32. The maximum absolute atomic E-state index is 14.3. The normalized spacial score (nSPS) is 17.5. The van der Waals surface area contributed by atoms with E-state index in [-0.39, 0.29) is 16.1 Å². The number of piperazine rings is 1. The highest BCUT2D eigenvalue weighted by Gasteiger charge is 2.26. The number of benzene rings is 1. The van der Waals surface area contributed by atoms with Gasteiger partial charge in [0.15, 0.2) is 0 Å². The number of carbonyl (C=O) groups excluding carboxylic acids is 1. The van der Waals surface area contributed by atoms with Crippen LogP contribution >= 0.6 is 15.9 Å². The lowest BCUT2D eigenvalue weighted by Crippen LogP contribution is -2.50. The molecule has 10 heteroatoms. The molecule has 1 unspecified atom stereocenters. The van der Waals surface area contributed by atoms with Crippen molar-refractivity contribution in [1.82, 2.24) is 9.47 Å². The molecule has 1 saturated heterocycles. The van der Waals surface area contributed by atoms with E-state index in [2.05, 4.69) is 26.1 Å². The highest BCUT2D eigenvalue weighted by molar-refractivity contribution is 9.10. The standard InChI is InChI=1S/C20H22BrF3N4O2/c1-11-9-28(5-4-26(11)2)17-8-15(22)14(21)7-16(17)25-20(30)13-10-27(3)18(29)6-12(13)19(23)24/h6-8,10-11,19H,4-5,9H2,1-3H3,(H,25,30). The lowest BCUT2D eigenvalue weighted by Gasteiger charge is -2.39. The molecule has 1 aliphatic heterocycles. The number of hydrogen-bond donors (Lipinski definition) is 1. The van der Waals surface area contributed by atoms with Crippen molar-refractivity contribution in [2.75, 3.05) is 36.9 Å². The smallest absolute Gasteiger partial charge is 0.264 e. The zero-order valence-corrected chi connectivity index (χ0v) is 18.3. The Morgan fingerprint density at radius 1 is 1.23 bits per heavy atom. The Morgan fingerprint density at radius 2 is 1.93 bits per heavy atom. The van der Waals surface area contributed by atoms with E-state index >= 15 is 0 Å². The zero-order valence-electron chi connectivity index (χ0n) is 16.8. The predicted octanol–water partition coefficient (Wildman–Crippen LogP) is 3.62. The highest BCUT2D eigenvalue weighted by atomic mass is 79.9. The number of aromatic nitrogens is 1. The van der Waals surface area contributed by atoms with Gasteiger partial charge in [-0.25, -0.2) is 13.2 Å². The highest BCUT2D eigenvalue weighted by Crippen LogP contribution is 2.34. The van der Waals surface area contributed by atoms with Crippen molar-refractivity contribution >= 4 is 33.2 Å². The number of alkyl halides is 2. The molecular formula is C20H22BrF3N4O2. The molecule has 1 fully saturated rings. The van der Waals surface area contributed by atoms with Gasteiger partial charge in [-0.3, -0.25) is 9.59 Å². The first kappa shape index (κ1) is 22.4. The molecule has 1 N–H and O–H groups in total. The van der Waals surface area contributed by atoms with Gasteiger partial charge in [-0.2, -0.15) is 0 Å². The summed E-state index contributed by atoms with van der Waals surface area (Å²) < 4.78 is 42.3. The lowest BCUT2D eigenvalue weighted by atomic mass is 10.1. The second-order valence-electron chi connectivity index (χ2n) is 7.41. The van der Waals surface area contributed by atoms with Gasteiger partial charge in [-0.1, -0.05) is 0 Å². The van der Waals surface area contributed by atoms with Crippen LogP contribution in [0.2, 0.25) is 0 Å². The van der Waals surface area contributed by atoms with Crippen molar-refractivity contribution in [3.8, 4) is 0 Å². The number of carbonyl (C=O) groups is 1. The number of anilines is 2. The molecule has 1 aromatic carbocycles. The van der Waals surface area contributed by atoms with Crippen LogP contribution in [0.4, 0.5) is 24.5 Å². The number of nitrogens with zero attached hydrogens (tertiary/aromatic N) is 3. The number of amides is 1. The predicted molar refractivity (Wildman–Crippen MR) is 113 cm³/mol. The van der Waals surface area contributed by atoms with Crippen LogP contribution in [0.25, 0.3) is 0 Å². The molecule has 2 aromatic rings. The van der Waals surface area contributed by atoms with E-state index in [0.717, 1.165) is 23.4 Å². The van der Waals surface area contributed by atoms with E-state index in [9.17, 15) is 22.8 Å². The summed E-state index contributed by atoms with van der Waals surface area (Å²) in [6.07, 6.45) is -1.91. The van der Waals surface area contributed by atoms with Crippen molar-refractivity contribution in [2.24, 2.45) is 7.05 Å². The van der Waals surface area contributed by atoms with Crippen LogP contribution in [0.1, 0.15) is 29.3 Å². The zero-order chi connectivity index (χ0) is 22.2. The molecule has 3 rings (SSSR count). The topological polar surface area (TPSA) is 57.6 Å². The minimum atomic E-state index is -2.99. The minimum absolute atomic E-state index is 0.137. The maximum atomic E-state index is 14.3. The van der Waals surface area contributed by atoms with Crippen molar-refractivity contribution in [2.45, 2.75) is 19.4 Å². The van der Waals surface area contributed by atoms with Gasteiger partial charge in [0.25, 0.3) is 17.9 Å². The van der Waals surface area contributed by atoms with Crippen LogP contribution in [0, 0.1) is 5.82 Å². The molecule has 0 radical (unpaired) electrons. The quantitative estimate of drug-likeness (QED) is 0.716. The molecule has 0 aliphatic carbocycles. The molecule has 162 valence electrons. The second-order valence-corrected chi connectivity index (χ2v) is 8.26. The summed E-state index contributed by atoms with van der Waals surface area (Å²) >= 11 is 3.11. The summed E-state index contributed by atoms with van der Waals surface area (Å²) in [5.41, 5.74) is -0.846. The van der Waals surface area contributed by atoms with Crippen molar-refractivity contribution in [3.05, 3.63) is 56.2 Å². The summed E-state index contributed by atoms with van der Waals surface area (Å²) in [4.78, 5) is 28.7. The lowest BCUT2D eigenvalue weighted by molar-refractivity contribution is 0.101. The van der Waals surface area contributed by atoms with Crippen LogP contribution in [-0.2, 0) is 7.05 Å². The molecule has 1 amide bonds. The Labute approximate surface area is 180 Å². The van der Waals surface area contributed by atoms with Gasteiger partial charge in [0, 0.05) is 56.6 Å². The number of aryl methyl sites for hydroxylation is 1. The Morgan fingerprint density at radius 3 is 2.57 bits per heavy atom. The molecule has 2 heterocycles. The Hall–Kier alpha value is -2.33. The van der Waals surface area contributed by atoms with E-state index in [0.29, 0.717) is 24.5 Å². The number of halogens is 4. The summed E-state index contributed by atoms with van der Waals surface area (Å²) in [6.45, 7) is 4.02. The third-order valence-electron chi connectivity index (χ3n) is 5.33. The summed E-state index contributed by atoms with van der Waals surface area (Å²) in [5, 5.41) is 2.62. The fraction of sp³-hybridized carbons (Fsp3) is 0.400. The van der Waals surface area contributed by atoms with Crippen LogP contribution in [0.3, 0.4) is 0 Å². The molecule has 1 atom stereocenters. The van der Waals surface area contributed by atoms with E-state index in [1.807, 2.05) is 18.9 Å². The molecule has 0 bridgehead atoms. The summed E-state index contributed by atoms with van der Waals surface area (Å²) in [5.74, 6) is -1.30. The average molecular weight is 487 g/mol. The summed E-state index contributed by atoms with van der Waals surface area (Å²) in [6, 6.07) is 3.69. The Kier molecular flexibility index (Phi) is 6.56. The molecule has 0 spiro atoms. The van der Waals surface area contributed by atoms with Gasteiger partial charge in [-0.05, 0) is 36.0 Å². The van der Waals surface area contributed by atoms with Crippen LogP contribution in [0.5, 0.6) is 0 Å². The maximum Gasteiger partial charge on any atom is 0.264 e. The Balaban J connectivity index is 1.99. The van der Waals surface area contributed by atoms with Gasteiger partial charge in [0.05, 0.1) is 21.4 Å². The van der Waals surface area contributed by atoms with Gasteiger partial charge < -0.3 is 19.7 Å². The Bertz CT molecular complexity index is 1030. The van der Waals surface area contributed by atoms with Crippen LogP contribution in [0.15, 0.2) is 33.7 Å². The SMILES string of the molecule is CC1CN(c2cc(F)c(Br)cc2NC(=O)c2cn(C)c(=O)cc2C(F)F)CCN1C. The van der Waals surface area contributed by atoms with Gasteiger partial charge >= 0.3 is 0 Å². The number of pyridine rings is 1. The monoisotopic (exact) mass is 486 g/mol. The molecule has 1 aliphatic rings. The first-order chi connectivity index (χ1) is 14.1. The number of rotatable bonds is 4. The second kappa shape index (κ2) is 8.81.